The second kappa shape index (κ2) is 8.52. The molecule has 0 saturated carbocycles. The standard InChI is InChI=1S/C15H20FNO2/c1-3-17(4-2)9-11-19-15-8-7-14(16)12-13(15)6-5-10-18/h7-8,12,18H,3-4,9-11H2,1-2H3. The molecule has 1 aromatic carbocycles. The first-order valence-electron chi connectivity index (χ1n) is 6.45. The fourth-order valence-corrected chi connectivity index (χ4v) is 1.69. The molecule has 0 amide bonds. The molecule has 0 aliphatic heterocycles. The molecule has 3 nitrogen and oxygen atoms in total. The number of rotatable bonds is 6. The van der Waals surface area contributed by atoms with E-state index in [4.69, 9.17) is 9.84 Å². The van der Waals surface area contributed by atoms with Gasteiger partial charge in [0.1, 0.15) is 24.8 Å². The van der Waals surface area contributed by atoms with Crippen LogP contribution < -0.4 is 4.74 Å². The first-order valence-corrected chi connectivity index (χ1v) is 6.45. The van der Waals surface area contributed by atoms with E-state index in [1.54, 1.807) is 6.07 Å². The Balaban J connectivity index is 2.67. The van der Waals surface area contributed by atoms with Crippen LogP contribution in [0.1, 0.15) is 19.4 Å². The Morgan fingerprint density at radius 1 is 1.32 bits per heavy atom. The summed E-state index contributed by atoms with van der Waals surface area (Å²) in [7, 11) is 0. The van der Waals surface area contributed by atoms with Crippen LogP contribution in [0.2, 0.25) is 0 Å². The van der Waals surface area contributed by atoms with Crippen molar-refractivity contribution >= 4 is 0 Å². The molecule has 0 aliphatic rings. The van der Waals surface area contributed by atoms with Crippen molar-refractivity contribution in [3.05, 3.63) is 29.6 Å². The lowest BCUT2D eigenvalue weighted by atomic mass is 10.2. The normalized spacial score (nSPS) is 10.2. The van der Waals surface area contributed by atoms with Crippen LogP contribution in [0, 0.1) is 17.7 Å². The monoisotopic (exact) mass is 265 g/mol. The van der Waals surface area contributed by atoms with Crippen molar-refractivity contribution < 1.29 is 14.2 Å². The van der Waals surface area contributed by atoms with Crippen LogP contribution in [0.3, 0.4) is 0 Å². The molecule has 4 heteroatoms. The molecule has 0 fully saturated rings. The van der Waals surface area contributed by atoms with Gasteiger partial charge >= 0.3 is 0 Å². The summed E-state index contributed by atoms with van der Waals surface area (Å²) in [6.45, 7) is 7.23. The zero-order valence-electron chi connectivity index (χ0n) is 11.4. The smallest absolute Gasteiger partial charge is 0.135 e. The number of aliphatic hydroxyl groups excluding tert-OH is 1. The summed E-state index contributed by atoms with van der Waals surface area (Å²) in [6, 6.07) is 4.23. The number of aliphatic hydroxyl groups is 1. The van der Waals surface area contributed by atoms with Crippen molar-refractivity contribution in [1.82, 2.24) is 4.90 Å². The second-order valence-corrected chi connectivity index (χ2v) is 3.98. The molecule has 0 unspecified atom stereocenters. The lowest BCUT2D eigenvalue weighted by molar-refractivity contribution is 0.222. The van der Waals surface area contributed by atoms with Gasteiger partial charge in [-0.2, -0.15) is 0 Å². The Hall–Kier alpha value is -1.57. The molecule has 0 radical (unpaired) electrons. The molecule has 1 aromatic rings. The van der Waals surface area contributed by atoms with Crippen LogP contribution in [-0.4, -0.2) is 42.9 Å². The lowest BCUT2D eigenvalue weighted by Crippen LogP contribution is -2.28. The van der Waals surface area contributed by atoms with Crippen molar-refractivity contribution in [3.8, 4) is 17.6 Å². The maximum Gasteiger partial charge on any atom is 0.135 e. The number of ether oxygens (including phenoxy) is 1. The highest BCUT2D eigenvalue weighted by Crippen LogP contribution is 2.18. The summed E-state index contributed by atoms with van der Waals surface area (Å²) in [5.74, 6) is 5.38. The number of nitrogens with zero attached hydrogens (tertiary/aromatic N) is 1. The number of likely N-dealkylation sites (N-methyl/N-ethyl adjacent to an activating group) is 1. The van der Waals surface area contributed by atoms with E-state index in [0.29, 0.717) is 17.9 Å². The molecule has 0 aliphatic carbocycles. The highest BCUT2D eigenvalue weighted by molar-refractivity contribution is 5.46. The van der Waals surface area contributed by atoms with Gasteiger partial charge in [-0.15, -0.1) is 0 Å². The largest absolute Gasteiger partial charge is 0.491 e. The number of hydrogen-bond acceptors (Lipinski definition) is 3. The van der Waals surface area contributed by atoms with Crippen LogP contribution in [-0.2, 0) is 0 Å². The molecule has 0 spiro atoms. The van der Waals surface area contributed by atoms with Gasteiger partial charge in [0.2, 0.25) is 0 Å². The predicted octanol–water partition coefficient (Wildman–Crippen LogP) is 1.89. The topological polar surface area (TPSA) is 32.7 Å². The van der Waals surface area contributed by atoms with E-state index in [0.717, 1.165) is 19.6 Å². The van der Waals surface area contributed by atoms with E-state index in [9.17, 15) is 4.39 Å². The van der Waals surface area contributed by atoms with E-state index >= 15 is 0 Å². The minimum atomic E-state index is -0.363. The summed E-state index contributed by atoms with van der Waals surface area (Å²) in [5.41, 5.74) is 0.466. The Bertz CT molecular complexity index is 447. The van der Waals surface area contributed by atoms with Crippen LogP contribution >= 0.6 is 0 Å². The summed E-state index contributed by atoms with van der Waals surface area (Å²) >= 11 is 0. The summed E-state index contributed by atoms with van der Waals surface area (Å²) in [4.78, 5) is 2.24. The Labute approximate surface area is 114 Å². The maximum atomic E-state index is 13.1. The SMILES string of the molecule is CCN(CC)CCOc1ccc(F)cc1C#CCO. The van der Waals surface area contributed by atoms with E-state index in [1.165, 1.54) is 12.1 Å². The molecule has 1 N–H and O–H groups in total. The number of hydrogen-bond donors (Lipinski definition) is 1. The quantitative estimate of drug-likeness (QED) is 0.797. The fraction of sp³-hybridized carbons (Fsp3) is 0.467. The van der Waals surface area contributed by atoms with Crippen molar-refractivity contribution in [1.29, 1.82) is 0 Å². The Morgan fingerprint density at radius 2 is 2.05 bits per heavy atom. The van der Waals surface area contributed by atoms with E-state index in [2.05, 4.69) is 30.6 Å². The van der Waals surface area contributed by atoms with Gasteiger partial charge in [0, 0.05) is 6.54 Å². The van der Waals surface area contributed by atoms with Gasteiger partial charge in [0.25, 0.3) is 0 Å². The Morgan fingerprint density at radius 3 is 2.68 bits per heavy atom. The van der Waals surface area contributed by atoms with Crippen LogP contribution in [0.4, 0.5) is 4.39 Å². The Kier molecular flexibility index (Phi) is 6.94. The van der Waals surface area contributed by atoms with Crippen molar-refractivity contribution in [2.75, 3.05) is 32.8 Å². The van der Waals surface area contributed by atoms with Gasteiger partial charge in [-0.05, 0) is 31.3 Å². The molecule has 19 heavy (non-hydrogen) atoms. The third-order valence-electron chi connectivity index (χ3n) is 2.80. The third kappa shape index (κ3) is 5.29. The summed E-state index contributed by atoms with van der Waals surface area (Å²) < 4.78 is 18.8. The molecule has 0 aromatic heterocycles. The first-order chi connectivity index (χ1) is 9.21. The zero-order chi connectivity index (χ0) is 14.1. The minimum Gasteiger partial charge on any atom is -0.491 e. The summed E-state index contributed by atoms with van der Waals surface area (Å²) in [6.07, 6.45) is 0. The average molecular weight is 265 g/mol. The van der Waals surface area contributed by atoms with Crippen molar-refractivity contribution in [2.45, 2.75) is 13.8 Å². The van der Waals surface area contributed by atoms with Gasteiger partial charge in [0.05, 0.1) is 5.56 Å². The molecule has 0 saturated heterocycles. The van der Waals surface area contributed by atoms with Crippen LogP contribution in [0.25, 0.3) is 0 Å². The van der Waals surface area contributed by atoms with E-state index in [1.807, 2.05) is 0 Å². The van der Waals surface area contributed by atoms with Crippen LogP contribution in [0.15, 0.2) is 18.2 Å². The van der Waals surface area contributed by atoms with E-state index < -0.39 is 0 Å². The number of halogens is 1. The predicted molar refractivity (Wildman–Crippen MR) is 73.6 cm³/mol. The van der Waals surface area contributed by atoms with Gasteiger partial charge in [-0.1, -0.05) is 25.7 Å². The molecule has 104 valence electrons. The minimum absolute atomic E-state index is 0.255. The molecule has 0 atom stereocenters. The van der Waals surface area contributed by atoms with Crippen LogP contribution in [0.5, 0.6) is 5.75 Å². The second-order valence-electron chi connectivity index (χ2n) is 3.98. The van der Waals surface area contributed by atoms with Crippen molar-refractivity contribution in [3.63, 3.8) is 0 Å². The average Bonchev–Trinajstić information content (AvgIpc) is 2.43. The van der Waals surface area contributed by atoms with Crippen molar-refractivity contribution in [2.24, 2.45) is 0 Å². The number of benzene rings is 1. The molecule has 0 bridgehead atoms. The van der Waals surface area contributed by atoms with Gasteiger partial charge in [-0.3, -0.25) is 0 Å². The summed E-state index contributed by atoms with van der Waals surface area (Å²) in [5, 5.41) is 8.69. The highest BCUT2D eigenvalue weighted by atomic mass is 19.1. The van der Waals surface area contributed by atoms with E-state index in [-0.39, 0.29) is 12.4 Å². The highest BCUT2D eigenvalue weighted by Gasteiger charge is 2.04. The van der Waals surface area contributed by atoms with Gasteiger partial charge in [-0.25, -0.2) is 4.39 Å². The molecular weight excluding hydrogens is 245 g/mol. The maximum absolute atomic E-state index is 13.1. The zero-order valence-corrected chi connectivity index (χ0v) is 11.4. The lowest BCUT2D eigenvalue weighted by Gasteiger charge is -2.18. The van der Waals surface area contributed by atoms with Gasteiger partial charge < -0.3 is 14.7 Å². The molecule has 1 rings (SSSR count). The molecular formula is C15H20FNO2. The third-order valence-corrected chi connectivity index (χ3v) is 2.80. The fourth-order valence-electron chi connectivity index (χ4n) is 1.69. The molecule has 0 heterocycles. The first kappa shape index (κ1) is 15.5. The van der Waals surface area contributed by atoms with Gasteiger partial charge in [0.15, 0.2) is 0 Å².